The number of carbonyl (C=O) groups is 3. The molecule has 0 saturated carbocycles. The first-order valence-electron chi connectivity index (χ1n) is 13.9. The predicted molar refractivity (Wildman–Crippen MR) is 161 cm³/mol. The molecule has 3 aromatic rings. The molecule has 2 heterocycles. The molecule has 0 fully saturated rings. The zero-order valence-corrected chi connectivity index (χ0v) is 25.1. The summed E-state index contributed by atoms with van der Waals surface area (Å²) in [6.45, 7) is 7.27. The van der Waals surface area contributed by atoms with E-state index in [2.05, 4.69) is 21.1 Å². The third-order valence-electron chi connectivity index (χ3n) is 7.35. The van der Waals surface area contributed by atoms with Crippen LogP contribution in [0, 0.1) is 19.8 Å². The minimum Gasteiger partial charge on any atom is -0.497 e. The Morgan fingerprint density at radius 2 is 1.88 bits per heavy atom. The van der Waals surface area contributed by atoms with Crippen molar-refractivity contribution < 1.29 is 33.5 Å². The maximum Gasteiger partial charge on any atom is 0.323 e. The van der Waals surface area contributed by atoms with Gasteiger partial charge in [-0.15, -0.1) is 0 Å². The van der Waals surface area contributed by atoms with Gasteiger partial charge in [-0.3, -0.25) is 4.79 Å². The Labute approximate surface area is 250 Å². The SMILES string of the molecule is COc1ccc(NC(=O)N(C)C[C@H]2Oc3c(NC(=O)Nc4c(C)noc4C)cccc3C(=O)N([C@@H](C)CO)C[C@@H]2C)cc1. The number of amides is 5. The molecule has 0 bridgehead atoms. The Morgan fingerprint density at radius 3 is 2.51 bits per heavy atom. The molecule has 13 heteroatoms. The summed E-state index contributed by atoms with van der Waals surface area (Å²) in [5, 5.41) is 22.1. The van der Waals surface area contributed by atoms with Crippen LogP contribution in [0.15, 0.2) is 47.0 Å². The number of carbonyl (C=O) groups excluding carboxylic acids is 3. The maximum atomic E-state index is 13.7. The third kappa shape index (κ3) is 7.17. The molecule has 43 heavy (non-hydrogen) atoms. The molecular weight excluding hydrogens is 556 g/mol. The Hall–Kier alpha value is -4.78. The van der Waals surface area contributed by atoms with Crippen LogP contribution in [0.3, 0.4) is 0 Å². The molecule has 4 rings (SSSR count). The summed E-state index contributed by atoms with van der Waals surface area (Å²) in [5.74, 6) is 0.675. The normalized spacial score (nSPS) is 17.1. The number of aryl methyl sites for hydroxylation is 2. The van der Waals surface area contributed by atoms with Crippen LogP contribution >= 0.6 is 0 Å². The van der Waals surface area contributed by atoms with E-state index in [1.807, 2.05) is 6.92 Å². The van der Waals surface area contributed by atoms with E-state index in [-0.39, 0.29) is 54.6 Å². The van der Waals surface area contributed by atoms with Gasteiger partial charge in [0.05, 0.1) is 37.6 Å². The van der Waals surface area contributed by atoms with Crippen molar-refractivity contribution in [1.82, 2.24) is 15.0 Å². The van der Waals surface area contributed by atoms with Crippen LogP contribution in [-0.2, 0) is 0 Å². The molecule has 1 aliphatic rings. The first-order valence-corrected chi connectivity index (χ1v) is 13.9. The lowest BCUT2D eigenvalue weighted by atomic mass is 9.99. The van der Waals surface area contributed by atoms with Crippen LogP contribution in [0.1, 0.15) is 35.7 Å². The summed E-state index contributed by atoms with van der Waals surface area (Å²) >= 11 is 0. The first-order chi connectivity index (χ1) is 20.5. The van der Waals surface area contributed by atoms with Crippen molar-refractivity contribution in [3.05, 3.63) is 59.5 Å². The number of fused-ring (bicyclic) bond motifs is 1. The van der Waals surface area contributed by atoms with E-state index in [0.717, 1.165) is 0 Å². The van der Waals surface area contributed by atoms with Gasteiger partial charge in [0, 0.05) is 25.2 Å². The van der Waals surface area contributed by atoms with Crippen molar-refractivity contribution >= 4 is 35.0 Å². The van der Waals surface area contributed by atoms with E-state index in [1.54, 1.807) is 82.3 Å². The molecular formula is C30H38N6O7. The largest absolute Gasteiger partial charge is 0.497 e. The molecule has 1 aromatic heterocycles. The number of hydrogen-bond donors (Lipinski definition) is 4. The number of likely N-dealkylation sites (N-methyl/N-ethyl adjacent to an activating group) is 1. The molecule has 4 N–H and O–H groups in total. The van der Waals surface area contributed by atoms with Crippen LogP contribution in [0.25, 0.3) is 0 Å². The fourth-order valence-corrected chi connectivity index (χ4v) is 4.73. The highest BCUT2D eigenvalue weighted by Gasteiger charge is 2.35. The van der Waals surface area contributed by atoms with Crippen LogP contribution in [0.4, 0.5) is 26.7 Å². The molecule has 0 saturated heterocycles. The molecule has 3 atom stereocenters. The minimum atomic E-state index is -0.583. The number of aliphatic hydroxyl groups is 1. The second kappa shape index (κ2) is 13.5. The van der Waals surface area contributed by atoms with E-state index in [9.17, 15) is 19.5 Å². The van der Waals surface area contributed by atoms with Gasteiger partial charge in [0.1, 0.15) is 23.2 Å². The van der Waals surface area contributed by atoms with E-state index in [4.69, 9.17) is 14.0 Å². The van der Waals surface area contributed by atoms with Gasteiger partial charge in [0.15, 0.2) is 11.5 Å². The smallest absolute Gasteiger partial charge is 0.323 e. The molecule has 1 aliphatic heterocycles. The Kier molecular flexibility index (Phi) is 9.76. The predicted octanol–water partition coefficient (Wildman–Crippen LogP) is 4.33. The number of urea groups is 2. The van der Waals surface area contributed by atoms with Gasteiger partial charge in [0.2, 0.25) is 0 Å². The zero-order valence-electron chi connectivity index (χ0n) is 25.1. The van der Waals surface area contributed by atoms with Crippen molar-refractivity contribution in [2.75, 3.05) is 49.8 Å². The van der Waals surface area contributed by atoms with Gasteiger partial charge in [-0.05, 0) is 57.2 Å². The second-order valence-corrected chi connectivity index (χ2v) is 10.6. The quantitative estimate of drug-likeness (QED) is 0.300. The Balaban J connectivity index is 1.61. The van der Waals surface area contributed by atoms with Crippen molar-refractivity contribution in [1.29, 1.82) is 0 Å². The lowest BCUT2D eigenvalue weighted by molar-refractivity contribution is 0.0373. The minimum absolute atomic E-state index is 0.164. The summed E-state index contributed by atoms with van der Waals surface area (Å²) in [6, 6.07) is 10.4. The molecule has 13 nitrogen and oxygen atoms in total. The molecule has 0 spiro atoms. The monoisotopic (exact) mass is 594 g/mol. The highest BCUT2D eigenvalue weighted by Crippen LogP contribution is 2.35. The van der Waals surface area contributed by atoms with Crippen molar-refractivity contribution in [2.45, 2.75) is 39.8 Å². The number of nitrogens with zero attached hydrogens (tertiary/aromatic N) is 3. The van der Waals surface area contributed by atoms with Crippen LogP contribution in [0.2, 0.25) is 0 Å². The van der Waals surface area contributed by atoms with Gasteiger partial charge >= 0.3 is 12.1 Å². The standard InChI is InChI=1S/C30H38N6O7/c1-17-14-36(18(2)16-37)28(38)23-8-7-9-24(32-29(39)33-26-19(3)34-43-20(26)4)27(23)42-25(17)15-35(5)30(40)31-21-10-12-22(41-6)13-11-21/h7-13,17-18,25,37H,14-16H2,1-6H3,(H,31,40)(H2,32,33,39)/t17-,18-,25+/m0/s1. The number of ether oxygens (including phenoxy) is 2. The van der Waals surface area contributed by atoms with Crippen molar-refractivity contribution in [3.8, 4) is 11.5 Å². The summed E-state index contributed by atoms with van der Waals surface area (Å²) in [4.78, 5) is 42.9. The number of para-hydroxylation sites is 1. The maximum absolute atomic E-state index is 13.7. The molecule has 0 radical (unpaired) electrons. The average molecular weight is 595 g/mol. The number of nitrogens with one attached hydrogen (secondary N) is 3. The van der Waals surface area contributed by atoms with Crippen LogP contribution in [-0.4, -0.2) is 84.0 Å². The summed E-state index contributed by atoms with van der Waals surface area (Å²) in [5.41, 5.74) is 2.03. The number of aliphatic hydroxyl groups excluding tert-OH is 1. The van der Waals surface area contributed by atoms with Crippen molar-refractivity contribution in [3.63, 3.8) is 0 Å². The highest BCUT2D eigenvalue weighted by atomic mass is 16.5. The summed E-state index contributed by atoms with van der Waals surface area (Å²) in [7, 11) is 3.22. The number of rotatable bonds is 8. The summed E-state index contributed by atoms with van der Waals surface area (Å²) < 4.78 is 16.8. The number of aromatic nitrogens is 1. The molecule has 5 amide bonds. The molecule has 2 aromatic carbocycles. The molecule has 230 valence electrons. The molecule has 0 unspecified atom stereocenters. The number of hydrogen-bond acceptors (Lipinski definition) is 8. The van der Waals surface area contributed by atoms with Crippen LogP contribution < -0.4 is 25.4 Å². The number of methoxy groups -OCH3 is 1. The van der Waals surface area contributed by atoms with E-state index in [1.165, 1.54) is 4.90 Å². The lowest BCUT2D eigenvalue weighted by Gasteiger charge is -2.38. The number of benzene rings is 2. The lowest BCUT2D eigenvalue weighted by Crippen LogP contribution is -2.50. The second-order valence-electron chi connectivity index (χ2n) is 10.6. The third-order valence-corrected chi connectivity index (χ3v) is 7.35. The highest BCUT2D eigenvalue weighted by molar-refractivity contribution is 6.04. The summed E-state index contributed by atoms with van der Waals surface area (Å²) in [6.07, 6.45) is -0.583. The Bertz CT molecular complexity index is 1440. The van der Waals surface area contributed by atoms with Crippen LogP contribution in [0.5, 0.6) is 11.5 Å². The first kappa shape index (κ1) is 31.2. The van der Waals surface area contributed by atoms with Gasteiger partial charge < -0.3 is 44.9 Å². The van der Waals surface area contributed by atoms with Gasteiger partial charge in [-0.2, -0.15) is 0 Å². The van der Waals surface area contributed by atoms with E-state index in [0.29, 0.717) is 28.6 Å². The van der Waals surface area contributed by atoms with Gasteiger partial charge in [-0.25, -0.2) is 9.59 Å². The zero-order chi connectivity index (χ0) is 31.3. The Morgan fingerprint density at radius 1 is 1.16 bits per heavy atom. The van der Waals surface area contributed by atoms with Crippen molar-refractivity contribution in [2.24, 2.45) is 5.92 Å². The van der Waals surface area contributed by atoms with E-state index < -0.39 is 18.2 Å². The molecule has 0 aliphatic carbocycles. The number of anilines is 3. The van der Waals surface area contributed by atoms with E-state index >= 15 is 0 Å². The fraction of sp³-hybridized carbons (Fsp3) is 0.400. The van der Waals surface area contributed by atoms with Gasteiger partial charge in [0.25, 0.3) is 5.91 Å². The average Bonchev–Trinajstić information content (AvgIpc) is 3.31. The fourth-order valence-electron chi connectivity index (χ4n) is 4.73. The van der Waals surface area contributed by atoms with Gasteiger partial charge in [-0.1, -0.05) is 18.1 Å². The topological polar surface area (TPSA) is 158 Å².